The van der Waals surface area contributed by atoms with Crippen LogP contribution in [0, 0.1) is 0 Å². The molecule has 100 valence electrons. The lowest BCUT2D eigenvalue weighted by molar-refractivity contribution is 0.103. The fraction of sp³-hybridized carbons (Fsp3) is 0.133. The van der Waals surface area contributed by atoms with E-state index in [0.29, 0.717) is 24.2 Å². The first-order chi connectivity index (χ1) is 8.77. The molecule has 2 rings (SSSR count). The average Bonchev–Trinajstić information content (AvgIpc) is 2.46. The molecule has 0 aliphatic heterocycles. The fourth-order valence-electron chi connectivity index (χ4n) is 1.98. The maximum Gasteiger partial charge on any atom is 0.193 e. The highest BCUT2D eigenvalue weighted by Gasteiger charge is 2.14. The molecule has 0 saturated heterocycles. The van der Waals surface area contributed by atoms with Gasteiger partial charge in [0.15, 0.2) is 5.78 Å². The van der Waals surface area contributed by atoms with E-state index in [1.807, 2.05) is 36.4 Å². The molecule has 0 fully saturated rings. The van der Waals surface area contributed by atoms with Gasteiger partial charge in [-0.1, -0.05) is 48.5 Å². The van der Waals surface area contributed by atoms with E-state index in [-0.39, 0.29) is 18.2 Å². The van der Waals surface area contributed by atoms with E-state index in [1.54, 1.807) is 12.1 Å². The lowest BCUT2D eigenvalue weighted by Crippen LogP contribution is -2.12. The van der Waals surface area contributed by atoms with Crippen LogP contribution in [-0.2, 0) is 13.1 Å². The van der Waals surface area contributed by atoms with Gasteiger partial charge in [-0.15, -0.1) is 12.4 Å². The minimum Gasteiger partial charge on any atom is -0.326 e. The summed E-state index contributed by atoms with van der Waals surface area (Å²) in [5.74, 6) is -0.0166. The molecule has 3 nitrogen and oxygen atoms in total. The maximum absolute atomic E-state index is 12.5. The van der Waals surface area contributed by atoms with Crippen LogP contribution in [0.15, 0.2) is 48.5 Å². The number of halogens is 1. The Labute approximate surface area is 119 Å². The van der Waals surface area contributed by atoms with Gasteiger partial charge in [-0.25, -0.2) is 0 Å². The molecule has 0 radical (unpaired) electrons. The fourth-order valence-corrected chi connectivity index (χ4v) is 1.98. The number of hydrogen-bond donors (Lipinski definition) is 2. The average molecular weight is 277 g/mol. The summed E-state index contributed by atoms with van der Waals surface area (Å²) in [7, 11) is 0. The van der Waals surface area contributed by atoms with Crippen LogP contribution in [0.2, 0.25) is 0 Å². The van der Waals surface area contributed by atoms with Gasteiger partial charge in [-0.2, -0.15) is 0 Å². The Hall–Kier alpha value is -1.68. The summed E-state index contributed by atoms with van der Waals surface area (Å²) < 4.78 is 0. The van der Waals surface area contributed by atoms with Gasteiger partial charge in [-0.05, 0) is 11.1 Å². The van der Waals surface area contributed by atoms with Crippen molar-refractivity contribution >= 4 is 18.2 Å². The molecule has 0 aliphatic carbocycles. The van der Waals surface area contributed by atoms with Crippen molar-refractivity contribution in [3.8, 4) is 0 Å². The summed E-state index contributed by atoms with van der Waals surface area (Å²) in [5, 5.41) is 0. The van der Waals surface area contributed by atoms with E-state index in [0.717, 1.165) is 11.1 Å². The van der Waals surface area contributed by atoms with Gasteiger partial charge in [0.2, 0.25) is 0 Å². The number of hydrogen-bond acceptors (Lipinski definition) is 3. The second kappa shape index (κ2) is 7.04. The minimum atomic E-state index is -0.0166. The molecule has 0 aliphatic rings. The van der Waals surface area contributed by atoms with Crippen molar-refractivity contribution in [2.45, 2.75) is 13.1 Å². The monoisotopic (exact) mass is 276 g/mol. The molecule has 4 heteroatoms. The summed E-state index contributed by atoms with van der Waals surface area (Å²) in [4.78, 5) is 12.5. The minimum absolute atomic E-state index is 0. The summed E-state index contributed by atoms with van der Waals surface area (Å²) in [6.07, 6.45) is 0. The summed E-state index contributed by atoms with van der Waals surface area (Å²) >= 11 is 0. The Bertz CT molecular complexity index is 520. The van der Waals surface area contributed by atoms with Crippen LogP contribution < -0.4 is 11.5 Å². The number of carbonyl (C=O) groups excluding carboxylic acids is 1. The second-order valence-corrected chi connectivity index (χ2v) is 4.05. The van der Waals surface area contributed by atoms with Crippen LogP contribution in [-0.4, -0.2) is 5.78 Å². The Balaban J connectivity index is 0.00000180. The van der Waals surface area contributed by atoms with E-state index in [2.05, 4.69) is 0 Å². The van der Waals surface area contributed by atoms with E-state index >= 15 is 0 Å². The SMILES string of the molecule is Cl.NCc1ccccc1C(=O)c1ccccc1CN. The Morgan fingerprint density at radius 3 is 1.53 bits per heavy atom. The molecule has 2 aromatic rings. The van der Waals surface area contributed by atoms with Crippen molar-refractivity contribution in [3.05, 3.63) is 70.8 Å². The number of benzene rings is 2. The van der Waals surface area contributed by atoms with Crippen molar-refractivity contribution < 1.29 is 4.79 Å². The zero-order valence-corrected chi connectivity index (χ0v) is 11.3. The molecule has 0 bridgehead atoms. The highest BCUT2D eigenvalue weighted by Crippen LogP contribution is 2.17. The molecule has 4 N–H and O–H groups in total. The van der Waals surface area contributed by atoms with Crippen molar-refractivity contribution in [3.63, 3.8) is 0 Å². The van der Waals surface area contributed by atoms with E-state index in [4.69, 9.17) is 11.5 Å². The zero-order valence-electron chi connectivity index (χ0n) is 10.5. The summed E-state index contributed by atoms with van der Waals surface area (Å²) in [6, 6.07) is 14.8. The first kappa shape index (κ1) is 15.4. The number of rotatable bonds is 4. The van der Waals surface area contributed by atoms with E-state index < -0.39 is 0 Å². The predicted octanol–water partition coefficient (Wildman–Crippen LogP) is 2.26. The maximum atomic E-state index is 12.5. The van der Waals surface area contributed by atoms with Crippen LogP contribution in [0.4, 0.5) is 0 Å². The molecule has 0 aromatic heterocycles. The van der Waals surface area contributed by atoms with Gasteiger partial charge in [0.05, 0.1) is 0 Å². The molecule has 0 heterocycles. The molecular formula is C15H17ClN2O. The first-order valence-electron chi connectivity index (χ1n) is 5.88. The normalized spacial score (nSPS) is 9.79. The third-order valence-corrected chi connectivity index (χ3v) is 2.96. The van der Waals surface area contributed by atoms with E-state index in [9.17, 15) is 4.79 Å². The van der Waals surface area contributed by atoms with Crippen LogP contribution in [0.3, 0.4) is 0 Å². The topological polar surface area (TPSA) is 69.1 Å². The molecule has 19 heavy (non-hydrogen) atoms. The van der Waals surface area contributed by atoms with Crippen molar-refractivity contribution in [1.82, 2.24) is 0 Å². The van der Waals surface area contributed by atoms with Gasteiger partial charge < -0.3 is 11.5 Å². The predicted molar refractivity (Wildman–Crippen MR) is 79.3 cm³/mol. The quantitative estimate of drug-likeness (QED) is 0.842. The Morgan fingerprint density at radius 2 is 1.16 bits per heavy atom. The van der Waals surface area contributed by atoms with Crippen LogP contribution in [0.1, 0.15) is 27.0 Å². The molecule has 0 saturated carbocycles. The van der Waals surface area contributed by atoms with Gasteiger partial charge >= 0.3 is 0 Å². The molecule has 0 spiro atoms. The largest absolute Gasteiger partial charge is 0.326 e. The molecular weight excluding hydrogens is 260 g/mol. The molecule has 0 unspecified atom stereocenters. The number of nitrogens with two attached hydrogens (primary N) is 2. The summed E-state index contributed by atoms with van der Waals surface area (Å²) in [5.41, 5.74) is 14.3. The summed E-state index contributed by atoms with van der Waals surface area (Å²) in [6.45, 7) is 0.708. The number of ketones is 1. The third-order valence-electron chi connectivity index (χ3n) is 2.96. The third kappa shape index (κ3) is 3.20. The van der Waals surface area contributed by atoms with Crippen molar-refractivity contribution in [1.29, 1.82) is 0 Å². The first-order valence-corrected chi connectivity index (χ1v) is 5.88. The van der Waals surface area contributed by atoms with Crippen LogP contribution in [0.5, 0.6) is 0 Å². The smallest absolute Gasteiger partial charge is 0.193 e. The zero-order chi connectivity index (χ0) is 13.0. The Morgan fingerprint density at radius 1 is 0.789 bits per heavy atom. The molecule has 2 aromatic carbocycles. The van der Waals surface area contributed by atoms with Gasteiger partial charge in [0.1, 0.15) is 0 Å². The van der Waals surface area contributed by atoms with E-state index in [1.165, 1.54) is 0 Å². The Kier molecular flexibility index (Phi) is 5.70. The molecule has 0 atom stereocenters. The lowest BCUT2D eigenvalue weighted by atomic mass is 9.95. The van der Waals surface area contributed by atoms with Crippen LogP contribution in [0.25, 0.3) is 0 Å². The van der Waals surface area contributed by atoms with Crippen molar-refractivity contribution in [2.75, 3.05) is 0 Å². The van der Waals surface area contributed by atoms with Crippen molar-refractivity contribution in [2.24, 2.45) is 11.5 Å². The van der Waals surface area contributed by atoms with Crippen LogP contribution >= 0.6 is 12.4 Å². The highest BCUT2D eigenvalue weighted by atomic mass is 35.5. The standard InChI is InChI=1S/C15H16N2O.ClH/c16-9-11-5-1-3-7-13(11)15(18)14-8-4-2-6-12(14)10-17;/h1-8H,9-10,16-17H2;1H. The van der Waals surface area contributed by atoms with Gasteiger partial charge in [0, 0.05) is 24.2 Å². The highest BCUT2D eigenvalue weighted by molar-refractivity contribution is 6.10. The number of carbonyl (C=O) groups is 1. The van der Waals surface area contributed by atoms with Gasteiger partial charge in [-0.3, -0.25) is 4.79 Å². The molecule has 0 amide bonds. The second-order valence-electron chi connectivity index (χ2n) is 4.05. The lowest BCUT2D eigenvalue weighted by Gasteiger charge is -2.09. The van der Waals surface area contributed by atoms with Gasteiger partial charge in [0.25, 0.3) is 0 Å².